The zero-order valence-corrected chi connectivity index (χ0v) is 17.0. The molecule has 5 nitrogen and oxygen atoms in total. The van der Waals surface area contributed by atoms with Gasteiger partial charge in [-0.3, -0.25) is 14.4 Å². The van der Waals surface area contributed by atoms with Gasteiger partial charge in [-0.1, -0.05) is 12.1 Å². The minimum atomic E-state index is -4.32. The molecular formula is C21H27F3N4O. The molecule has 0 N–H and O–H groups in total. The molecule has 1 aliphatic rings. The minimum absolute atomic E-state index is 0.0307. The van der Waals surface area contributed by atoms with Gasteiger partial charge in [-0.15, -0.1) is 0 Å². The summed E-state index contributed by atoms with van der Waals surface area (Å²) in [5, 5.41) is 4.30. The van der Waals surface area contributed by atoms with Gasteiger partial charge in [0.25, 0.3) is 5.91 Å². The second-order valence-corrected chi connectivity index (χ2v) is 8.46. The van der Waals surface area contributed by atoms with Crippen molar-refractivity contribution < 1.29 is 18.0 Å². The number of hydrogen-bond donors (Lipinski definition) is 0. The SMILES string of the molecule is CC(C)(C)n1cc(C(=O)N2CCCN(Cc3ccc(C(F)(F)F)cc3)CC2)cn1. The Morgan fingerprint density at radius 2 is 1.72 bits per heavy atom. The second-order valence-electron chi connectivity index (χ2n) is 8.46. The fourth-order valence-electron chi connectivity index (χ4n) is 3.37. The zero-order chi connectivity index (χ0) is 21.2. The van der Waals surface area contributed by atoms with Gasteiger partial charge >= 0.3 is 6.18 Å². The molecule has 1 aromatic heterocycles. The highest BCUT2D eigenvalue weighted by Gasteiger charge is 2.30. The highest BCUT2D eigenvalue weighted by atomic mass is 19.4. The molecule has 1 fully saturated rings. The number of rotatable bonds is 3. The van der Waals surface area contributed by atoms with Crippen LogP contribution in [0.4, 0.5) is 13.2 Å². The second kappa shape index (κ2) is 8.18. The van der Waals surface area contributed by atoms with Gasteiger partial charge in [-0.05, 0) is 44.9 Å². The van der Waals surface area contributed by atoms with Gasteiger partial charge in [0.05, 0.1) is 22.9 Å². The highest BCUT2D eigenvalue weighted by molar-refractivity contribution is 5.93. The maximum Gasteiger partial charge on any atom is 0.416 e. The number of amides is 1. The number of carbonyl (C=O) groups is 1. The van der Waals surface area contributed by atoms with Gasteiger partial charge in [0.15, 0.2) is 0 Å². The summed E-state index contributed by atoms with van der Waals surface area (Å²) in [6, 6.07) is 5.29. The number of alkyl halides is 3. The summed E-state index contributed by atoms with van der Waals surface area (Å²) in [7, 11) is 0. The standard InChI is InChI=1S/C21H27F3N4O/c1-20(2,3)28-15-17(13-25-28)19(29)27-10-4-9-26(11-12-27)14-16-5-7-18(8-6-16)21(22,23)24/h5-8,13,15H,4,9-12,14H2,1-3H3. The van der Waals surface area contributed by atoms with E-state index < -0.39 is 11.7 Å². The quantitative estimate of drug-likeness (QED) is 0.771. The number of halogens is 3. The van der Waals surface area contributed by atoms with E-state index in [1.54, 1.807) is 17.1 Å². The summed E-state index contributed by atoms with van der Waals surface area (Å²) in [4.78, 5) is 16.8. The third-order valence-corrected chi connectivity index (χ3v) is 5.08. The smallest absolute Gasteiger partial charge is 0.337 e. The van der Waals surface area contributed by atoms with E-state index in [2.05, 4.69) is 10.00 Å². The number of aromatic nitrogens is 2. The van der Waals surface area contributed by atoms with Crippen LogP contribution in [-0.2, 0) is 18.3 Å². The first kappa shape index (κ1) is 21.4. The van der Waals surface area contributed by atoms with Crippen LogP contribution in [-0.4, -0.2) is 51.7 Å². The average Bonchev–Trinajstić information content (AvgIpc) is 3.03. The van der Waals surface area contributed by atoms with Crippen molar-refractivity contribution >= 4 is 5.91 Å². The van der Waals surface area contributed by atoms with Crippen LogP contribution < -0.4 is 0 Å². The monoisotopic (exact) mass is 408 g/mol. The van der Waals surface area contributed by atoms with E-state index in [9.17, 15) is 18.0 Å². The molecule has 2 aromatic rings. The molecule has 1 amide bonds. The molecular weight excluding hydrogens is 381 g/mol. The molecule has 0 atom stereocenters. The van der Waals surface area contributed by atoms with Crippen molar-refractivity contribution in [1.29, 1.82) is 0 Å². The number of hydrogen-bond acceptors (Lipinski definition) is 3. The molecule has 0 unspecified atom stereocenters. The first-order valence-corrected chi connectivity index (χ1v) is 9.77. The Bertz CT molecular complexity index is 837. The summed E-state index contributed by atoms with van der Waals surface area (Å²) < 4.78 is 39.9. The normalized spacial score (nSPS) is 16.7. The van der Waals surface area contributed by atoms with Crippen molar-refractivity contribution in [3.8, 4) is 0 Å². The lowest BCUT2D eigenvalue weighted by atomic mass is 10.1. The summed E-state index contributed by atoms with van der Waals surface area (Å²) in [5.74, 6) is -0.0307. The van der Waals surface area contributed by atoms with E-state index in [4.69, 9.17) is 0 Å². The van der Waals surface area contributed by atoms with Crippen LogP contribution in [0.3, 0.4) is 0 Å². The maximum atomic E-state index is 12.8. The van der Waals surface area contributed by atoms with E-state index in [0.29, 0.717) is 31.7 Å². The summed E-state index contributed by atoms with van der Waals surface area (Å²) in [6.45, 7) is 9.37. The van der Waals surface area contributed by atoms with Gasteiger partial charge in [-0.2, -0.15) is 18.3 Å². The van der Waals surface area contributed by atoms with Gasteiger partial charge in [0.2, 0.25) is 0 Å². The van der Waals surface area contributed by atoms with Crippen molar-refractivity contribution in [2.75, 3.05) is 26.2 Å². The average molecular weight is 408 g/mol. The van der Waals surface area contributed by atoms with Gasteiger partial charge in [0.1, 0.15) is 0 Å². The van der Waals surface area contributed by atoms with Crippen LogP contribution in [0.15, 0.2) is 36.7 Å². The molecule has 2 heterocycles. The Kier molecular flexibility index (Phi) is 6.03. The Morgan fingerprint density at radius 1 is 1.03 bits per heavy atom. The van der Waals surface area contributed by atoms with Gasteiger partial charge in [-0.25, -0.2) is 0 Å². The lowest BCUT2D eigenvalue weighted by molar-refractivity contribution is -0.137. The number of carbonyl (C=O) groups excluding carboxylic acids is 1. The molecule has 1 saturated heterocycles. The van der Waals surface area contributed by atoms with Crippen molar-refractivity contribution in [2.24, 2.45) is 0 Å². The lowest BCUT2D eigenvalue weighted by Gasteiger charge is -2.22. The topological polar surface area (TPSA) is 41.4 Å². The molecule has 0 bridgehead atoms. The predicted molar refractivity (Wildman–Crippen MR) is 104 cm³/mol. The fourth-order valence-corrected chi connectivity index (χ4v) is 3.37. The summed E-state index contributed by atoms with van der Waals surface area (Å²) in [5.41, 5.74) is 0.598. The highest BCUT2D eigenvalue weighted by Crippen LogP contribution is 2.29. The lowest BCUT2D eigenvalue weighted by Crippen LogP contribution is -2.35. The Hall–Kier alpha value is -2.35. The van der Waals surface area contributed by atoms with Crippen molar-refractivity contribution in [2.45, 2.75) is 45.5 Å². The number of nitrogens with zero attached hydrogens (tertiary/aromatic N) is 4. The van der Waals surface area contributed by atoms with E-state index in [-0.39, 0.29) is 11.4 Å². The molecule has 0 radical (unpaired) electrons. The molecule has 0 saturated carbocycles. The van der Waals surface area contributed by atoms with Crippen LogP contribution in [0.1, 0.15) is 48.7 Å². The first-order chi connectivity index (χ1) is 13.5. The largest absolute Gasteiger partial charge is 0.416 e. The third kappa shape index (κ3) is 5.38. The van der Waals surface area contributed by atoms with Crippen LogP contribution >= 0.6 is 0 Å². The minimum Gasteiger partial charge on any atom is -0.337 e. The Labute approximate surface area is 169 Å². The van der Waals surface area contributed by atoms with Crippen molar-refractivity contribution in [3.05, 3.63) is 53.3 Å². The summed E-state index contributed by atoms with van der Waals surface area (Å²) >= 11 is 0. The molecule has 158 valence electrons. The van der Waals surface area contributed by atoms with Crippen molar-refractivity contribution in [1.82, 2.24) is 19.6 Å². The maximum absolute atomic E-state index is 12.8. The molecule has 29 heavy (non-hydrogen) atoms. The van der Waals surface area contributed by atoms with Gasteiger partial charge < -0.3 is 4.90 Å². The van der Waals surface area contributed by atoms with E-state index in [1.165, 1.54) is 12.1 Å². The zero-order valence-electron chi connectivity index (χ0n) is 17.0. The molecule has 1 aliphatic heterocycles. The number of benzene rings is 1. The Balaban J connectivity index is 1.59. The van der Waals surface area contributed by atoms with Crippen LogP contribution in [0, 0.1) is 0 Å². The molecule has 0 spiro atoms. The van der Waals surface area contributed by atoms with Crippen molar-refractivity contribution in [3.63, 3.8) is 0 Å². The van der Waals surface area contributed by atoms with E-state index in [0.717, 1.165) is 30.7 Å². The molecule has 8 heteroatoms. The van der Waals surface area contributed by atoms with E-state index >= 15 is 0 Å². The molecule has 0 aliphatic carbocycles. The molecule has 3 rings (SSSR count). The fraction of sp³-hybridized carbons (Fsp3) is 0.524. The van der Waals surface area contributed by atoms with Gasteiger partial charge in [0, 0.05) is 38.9 Å². The predicted octanol–water partition coefficient (Wildman–Crippen LogP) is 4.01. The van der Waals surface area contributed by atoms with E-state index in [1.807, 2.05) is 25.7 Å². The molecule has 1 aromatic carbocycles. The van der Waals surface area contributed by atoms with Crippen LogP contribution in [0.2, 0.25) is 0 Å². The van der Waals surface area contributed by atoms with Crippen LogP contribution in [0.25, 0.3) is 0 Å². The Morgan fingerprint density at radius 3 is 2.31 bits per heavy atom. The summed E-state index contributed by atoms with van der Waals surface area (Å²) in [6.07, 6.45) is -0.103. The first-order valence-electron chi connectivity index (χ1n) is 9.77. The third-order valence-electron chi connectivity index (χ3n) is 5.08. The van der Waals surface area contributed by atoms with Crippen LogP contribution in [0.5, 0.6) is 0 Å².